The Bertz CT molecular complexity index is 220. The van der Waals surface area contributed by atoms with E-state index in [0.29, 0.717) is 6.54 Å². The second-order valence-electron chi connectivity index (χ2n) is 4.84. The molecule has 0 aromatic carbocycles. The summed E-state index contributed by atoms with van der Waals surface area (Å²) in [6, 6.07) is 0. The molecule has 16 heavy (non-hydrogen) atoms. The van der Waals surface area contributed by atoms with Crippen LogP contribution in [0.3, 0.4) is 0 Å². The number of rotatable bonds is 5. The average Bonchev–Trinajstić information content (AvgIpc) is 2.30. The van der Waals surface area contributed by atoms with E-state index in [0.717, 1.165) is 39.0 Å². The standard InChI is InChI=1S/C12H25N3O/c1-4-12(3,5-2)14-11(16)10-15-8-6-13-7-9-15/h13H,4-10H2,1-3H3,(H,14,16). The molecule has 0 aliphatic carbocycles. The molecule has 4 nitrogen and oxygen atoms in total. The van der Waals surface area contributed by atoms with Gasteiger partial charge in [0, 0.05) is 31.7 Å². The highest BCUT2D eigenvalue weighted by Crippen LogP contribution is 2.13. The van der Waals surface area contributed by atoms with Crippen molar-refractivity contribution in [3.63, 3.8) is 0 Å². The summed E-state index contributed by atoms with van der Waals surface area (Å²) in [7, 11) is 0. The Morgan fingerprint density at radius 1 is 1.31 bits per heavy atom. The van der Waals surface area contributed by atoms with Crippen molar-refractivity contribution in [1.82, 2.24) is 15.5 Å². The van der Waals surface area contributed by atoms with Gasteiger partial charge in [0.25, 0.3) is 0 Å². The molecular formula is C12H25N3O. The molecule has 1 aliphatic rings. The Morgan fingerprint density at radius 3 is 2.38 bits per heavy atom. The average molecular weight is 227 g/mol. The molecule has 0 spiro atoms. The van der Waals surface area contributed by atoms with Crippen LogP contribution in [-0.2, 0) is 4.79 Å². The number of carbonyl (C=O) groups excluding carboxylic acids is 1. The fourth-order valence-corrected chi connectivity index (χ4v) is 1.88. The highest BCUT2D eigenvalue weighted by Gasteiger charge is 2.23. The monoisotopic (exact) mass is 227 g/mol. The van der Waals surface area contributed by atoms with Gasteiger partial charge < -0.3 is 10.6 Å². The number of hydrogen-bond acceptors (Lipinski definition) is 3. The van der Waals surface area contributed by atoms with Gasteiger partial charge in [0.1, 0.15) is 0 Å². The molecule has 0 radical (unpaired) electrons. The first kappa shape index (κ1) is 13.5. The Labute approximate surface area is 98.8 Å². The van der Waals surface area contributed by atoms with Gasteiger partial charge in [-0.25, -0.2) is 0 Å². The summed E-state index contributed by atoms with van der Waals surface area (Å²) in [6.07, 6.45) is 1.97. The Morgan fingerprint density at radius 2 is 1.88 bits per heavy atom. The molecule has 1 fully saturated rings. The number of piperazine rings is 1. The summed E-state index contributed by atoms with van der Waals surface area (Å²) >= 11 is 0. The number of hydrogen-bond donors (Lipinski definition) is 2. The van der Waals surface area contributed by atoms with Gasteiger partial charge in [-0.1, -0.05) is 13.8 Å². The predicted molar refractivity (Wildman–Crippen MR) is 66.4 cm³/mol. The normalized spacial score (nSPS) is 18.4. The molecule has 0 unspecified atom stereocenters. The molecule has 1 rings (SSSR count). The second kappa shape index (κ2) is 6.21. The minimum atomic E-state index is -0.0366. The van der Waals surface area contributed by atoms with Crippen molar-refractivity contribution >= 4 is 5.91 Å². The SMILES string of the molecule is CCC(C)(CC)NC(=O)CN1CCNCC1. The van der Waals surface area contributed by atoms with E-state index in [1.807, 2.05) is 0 Å². The van der Waals surface area contributed by atoms with Crippen molar-refractivity contribution in [1.29, 1.82) is 0 Å². The third kappa shape index (κ3) is 4.10. The lowest BCUT2D eigenvalue weighted by molar-refractivity contribution is -0.124. The van der Waals surface area contributed by atoms with Crippen LogP contribution in [0.25, 0.3) is 0 Å². The number of carbonyl (C=O) groups is 1. The highest BCUT2D eigenvalue weighted by molar-refractivity contribution is 5.78. The van der Waals surface area contributed by atoms with Crippen LogP contribution in [0, 0.1) is 0 Å². The van der Waals surface area contributed by atoms with Gasteiger partial charge in [0.2, 0.25) is 5.91 Å². The van der Waals surface area contributed by atoms with E-state index >= 15 is 0 Å². The number of nitrogens with one attached hydrogen (secondary N) is 2. The van der Waals surface area contributed by atoms with Crippen LogP contribution < -0.4 is 10.6 Å². The minimum absolute atomic E-state index is 0.0366. The molecular weight excluding hydrogens is 202 g/mol. The zero-order chi connectivity index (χ0) is 12.0. The quantitative estimate of drug-likeness (QED) is 0.722. The summed E-state index contributed by atoms with van der Waals surface area (Å²) < 4.78 is 0. The maximum Gasteiger partial charge on any atom is 0.234 e. The molecule has 0 atom stereocenters. The first-order valence-corrected chi connectivity index (χ1v) is 6.33. The largest absolute Gasteiger partial charge is 0.350 e. The molecule has 1 amide bonds. The van der Waals surface area contributed by atoms with Crippen molar-refractivity contribution in [3.8, 4) is 0 Å². The van der Waals surface area contributed by atoms with Gasteiger partial charge in [-0.3, -0.25) is 9.69 Å². The Kier molecular flexibility index (Phi) is 5.22. The summed E-state index contributed by atoms with van der Waals surface area (Å²) in [5.74, 6) is 0.160. The Balaban J connectivity index is 2.34. The first-order chi connectivity index (χ1) is 7.59. The zero-order valence-electron chi connectivity index (χ0n) is 10.8. The predicted octanol–water partition coefficient (Wildman–Crippen LogP) is 0.587. The van der Waals surface area contributed by atoms with Gasteiger partial charge in [-0.05, 0) is 19.8 Å². The number of amides is 1. The summed E-state index contributed by atoms with van der Waals surface area (Å²) in [6.45, 7) is 10.8. The molecule has 0 bridgehead atoms. The molecule has 1 saturated heterocycles. The van der Waals surface area contributed by atoms with Crippen molar-refractivity contribution in [2.45, 2.75) is 39.2 Å². The maximum absolute atomic E-state index is 11.9. The molecule has 94 valence electrons. The molecule has 1 heterocycles. The lowest BCUT2D eigenvalue weighted by Crippen LogP contribution is -2.52. The molecule has 0 aromatic heterocycles. The van der Waals surface area contributed by atoms with Gasteiger partial charge in [0.05, 0.1) is 6.54 Å². The third-order valence-corrected chi connectivity index (χ3v) is 3.58. The minimum Gasteiger partial charge on any atom is -0.350 e. The van der Waals surface area contributed by atoms with Crippen LogP contribution in [0.2, 0.25) is 0 Å². The zero-order valence-corrected chi connectivity index (χ0v) is 10.8. The molecule has 1 aliphatic heterocycles. The summed E-state index contributed by atoms with van der Waals surface area (Å²) in [4.78, 5) is 14.1. The van der Waals surface area contributed by atoms with E-state index in [4.69, 9.17) is 0 Å². The lowest BCUT2D eigenvalue weighted by Gasteiger charge is -2.31. The van der Waals surface area contributed by atoms with Crippen LogP contribution in [-0.4, -0.2) is 49.1 Å². The molecule has 0 aromatic rings. The van der Waals surface area contributed by atoms with Gasteiger partial charge >= 0.3 is 0 Å². The number of nitrogens with zero attached hydrogens (tertiary/aromatic N) is 1. The van der Waals surface area contributed by atoms with Crippen LogP contribution >= 0.6 is 0 Å². The van der Waals surface area contributed by atoms with Crippen LogP contribution in [0.4, 0.5) is 0 Å². The maximum atomic E-state index is 11.9. The van der Waals surface area contributed by atoms with Gasteiger partial charge in [0.15, 0.2) is 0 Å². The van der Waals surface area contributed by atoms with Crippen molar-refractivity contribution in [3.05, 3.63) is 0 Å². The molecule has 4 heteroatoms. The molecule has 0 saturated carbocycles. The summed E-state index contributed by atoms with van der Waals surface area (Å²) in [5, 5.41) is 6.42. The van der Waals surface area contributed by atoms with Gasteiger partial charge in [-0.2, -0.15) is 0 Å². The van der Waals surface area contributed by atoms with E-state index in [1.165, 1.54) is 0 Å². The van der Waals surface area contributed by atoms with E-state index in [-0.39, 0.29) is 11.4 Å². The third-order valence-electron chi connectivity index (χ3n) is 3.58. The van der Waals surface area contributed by atoms with Crippen molar-refractivity contribution in [2.75, 3.05) is 32.7 Å². The van der Waals surface area contributed by atoms with E-state index in [9.17, 15) is 4.79 Å². The van der Waals surface area contributed by atoms with Crippen LogP contribution in [0.15, 0.2) is 0 Å². The first-order valence-electron chi connectivity index (χ1n) is 6.33. The second-order valence-corrected chi connectivity index (χ2v) is 4.84. The van der Waals surface area contributed by atoms with Crippen molar-refractivity contribution in [2.24, 2.45) is 0 Å². The van der Waals surface area contributed by atoms with Crippen molar-refractivity contribution < 1.29 is 4.79 Å². The molecule has 2 N–H and O–H groups in total. The van der Waals surface area contributed by atoms with E-state index in [2.05, 4.69) is 36.3 Å². The fourth-order valence-electron chi connectivity index (χ4n) is 1.88. The van der Waals surface area contributed by atoms with Gasteiger partial charge in [-0.15, -0.1) is 0 Å². The van der Waals surface area contributed by atoms with E-state index < -0.39 is 0 Å². The van der Waals surface area contributed by atoms with Crippen LogP contribution in [0.1, 0.15) is 33.6 Å². The Hall–Kier alpha value is -0.610. The van der Waals surface area contributed by atoms with E-state index in [1.54, 1.807) is 0 Å². The lowest BCUT2D eigenvalue weighted by atomic mass is 9.95. The fraction of sp³-hybridized carbons (Fsp3) is 0.917. The summed E-state index contributed by atoms with van der Waals surface area (Å²) in [5.41, 5.74) is -0.0366. The van der Waals surface area contributed by atoms with Crippen LogP contribution in [0.5, 0.6) is 0 Å². The smallest absolute Gasteiger partial charge is 0.234 e. The highest BCUT2D eigenvalue weighted by atomic mass is 16.2. The topological polar surface area (TPSA) is 44.4 Å².